The van der Waals surface area contributed by atoms with Crippen LogP contribution in [0.25, 0.3) is 0 Å². The summed E-state index contributed by atoms with van der Waals surface area (Å²) in [5.41, 5.74) is 2.49. The van der Waals surface area contributed by atoms with Crippen LogP contribution in [0, 0.1) is 6.92 Å². The van der Waals surface area contributed by atoms with Crippen LogP contribution in [0.15, 0.2) is 65.7 Å². The normalized spacial score (nSPS) is 11.5. The first-order valence-corrected chi connectivity index (χ1v) is 8.85. The van der Waals surface area contributed by atoms with E-state index >= 15 is 0 Å². The van der Waals surface area contributed by atoms with E-state index in [-0.39, 0.29) is 11.5 Å². The van der Waals surface area contributed by atoms with Gasteiger partial charge in [0.05, 0.1) is 24.3 Å². The summed E-state index contributed by atoms with van der Waals surface area (Å²) in [4.78, 5) is 0.176. The highest BCUT2D eigenvalue weighted by atomic mass is 32.2. The maximum atomic E-state index is 12.5. The molecule has 7 heteroatoms. The lowest BCUT2D eigenvalue weighted by molar-refractivity contribution is 0.104. The third kappa shape index (κ3) is 3.69. The lowest BCUT2D eigenvalue weighted by Gasteiger charge is -2.03. The third-order valence-corrected chi connectivity index (χ3v) is 4.99. The predicted molar refractivity (Wildman–Crippen MR) is 88.7 cm³/mol. The molecule has 0 aliphatic carbocycles. The van der Waals surface area contributed by atoms with Gasteiger partial charge in [-0.3, -0.25) is 0 Å². The maximum absolute atomic E-state index is 12.5. The van der Waals surface area contributed by atoms with Crippen LogP contribution in [-0.2, 0) is 28.0 Å². The fourth-order valence-corrected chi connectivity index (χ4v) is 3.22. The molecule has 1 aromatic heterocycles. The van der Waals surface area contributed by atoms with Crippen molar-refractivity contribution < 1.29 is 13.2 Å². The molecule has 0 unspecified atom stereocenters. The lowest BCUT2D eigenvalue weighted by Crippen LogP contribution is -2.13. The van der Waals surface area contributed by atoms with Gasteiger partial charge in [-0.25, -0.2) is 0 Å². The van der Waals surface area contributed by atoms with Crippen LogP contribution in [-0.4, -0.2) is 22.8 Å². The van der Waals surface area contributed by atoms with Crippen LogP contribution in [0.3, 0.4) is 0 Å². The Morgan fingerprint density at radius 2 is 1.71 bits per heavy atom. The molecule has 2 aromatic carbocycles. The highest BCUT2D eigenvalue weighted by Gasteiger charge is 2.18. The van der Waals surface area contributed by atoms with Crippen LogP contribution >= 0.6 is 0 Å². The molecule has 0 saturated carbocycles. The van der Waals surface area contributed by atoms with E-state index < -0.39 is 10.0 Å². The number of aryl methyl sites for hydroxylation is 1. The molecular weight excluding hydrogens is 326 g/mol. The Morgan fingerprint density at radius 1 is 1.00 bits per heavy atom. The fourth-order valence-electron chi connectivity index (χ4n) is 2.13. The minimum absolute atomic E-state index is 0.176. The zero-order chi connectivity index (χ0) is 17.0. The van der Waals surface area contributed by atoms with Crippen molar-refractivity contribution in [2.75, 3.05) is 0 Å². The van der Waals surface area contributed by atoms with E-state index in [1.165, 1.54) is 6.20 Å². The van der Waals surface area contributed by atoms with Crippen molar-refractivity contribution in [1.29, 1.82) is 0 Å². The van der Waals surface area contributed by atoms with Crippen LogP contribution < -0.4 is 0 Å². The van der Waals surface area contributed by atoms with E-state index in [0.717, 1.165) is 15.2 Å². The van der Waals surface area contributed by atoms with Gasteiger partial charge >= 0.3 is 0 Å². The summed E-state index contributed by atoms with van der Waals surface area (Å²) in [5.74, 6) is 0. The van der Waals surface area contributed by atoms with E-state index in [2.05, 4.69) is 10.3 Å². The minimum atomic E-state index is -3.72. The number of hydrogen-bond donors (Lipinski definition) is 0. The van der Waals surface area contributed by atoms with Crippen molar-refractivity contribution in [3.05, 3.63) is 77.6 Å². The first-order chi connectivity index (χ1) is 11.6. The molecule has 24 heavy (non-hydrogen) atoms. The monoisotopic (exact) mass is 343 g/mol. The zero-order valence-corrected chi connectivity index (χ0v) is 14.0. The zero-order valence-electron chi connectivity index (χ0n) is 13.2. The summed E-state index contributed by atoms with van der Waals surface area (Å²) in [6.45, 7) is 2.52. The molecule has 0 amide bonds. The van der Waals surface area contributed by atoms with Gasteiger partial charge in [0.25, 0.3) is 10.0 Å². The molecule has 0 spiro atoms. The Hall–Kier alpha value is -2.51. The maximum Gasteiger partial charge on any atom is 0.284 e. The van der Waals surface area contributed by atoms with E-state index in [0.29, 0.717) is 12.3 Å². The van der Waals surface area contributed by atoms with Gasteiger partial charge in [0, 0.05) is 0 Å². The van der Waals surface area contributed by atoms with Gasteiger partial charge in [-0.2, -0.15) is 8.42 Å². The Morgan fingerprint density at radius 3 is 2.42 bits per heavy atom. The van der Waals surface area contributed by atoms with Gasteiger partial charge in [0.1, 0.15) is 5.69 Å². The van der Waals surface area contributed by atoms with Crippen LogP contribution in [0.4, 0.5) is 0 Å². The van der Waals surface area contributed by atoms with E-state index in [1.807, 2.05) is 37.3 Å². The van der Waals surface area contributed by atoms with Gasteiger partial charge in [-0.05, 0) is 24.6 Å². The lowest BCUT2D eigenvalue weighted by atomic mass is 10.2. The number of nitrogens with zero attached hydrogens (tertiary/aromatic N) is 3. The average Bonchev–Trinajstić information content (AvgIpc) is 3.06. The number of benzene rings is 2. The van der Waals surface area contributed by atoms with Crippen molar-refractivity contribution in [2.45, 2.75) is 25.0 Å². The molecule has 0 bridgehead atoms. The minimum Gasteiger partial charge on any atom is -0.370 e. The smallest absolute Gasteiger partial charge is 0.284 e. The molecule has 0 saturated heterocycles. The quantitative estimate of drug-likeness (QED) is 0.687. The van der Waals surface area contributed by atoms with Gasteiger partial charge in [-0.1, -0.05) is 53.2 Å². The first-order valence-electron chi connectivity index (χ1n) is 7.41. The van der Waals surface area contributed by atoms with Crippen LogP contribution in [0.2, 0.25) is 0 Å². The van der Waals surface area contributed by atoms with Crippen molar-refractivity contribution >= 4 is 10.0 Å². The second kappa shape index (κ2) is 6.94. The topological polar surface area (TPSA) is 74.1 Å². The van der Waals surface area contributed by atoms with Crippen molar-refractivity contribution in [1.82, 2.24) is 14.4 Å². The van der Waals surface area contributed by atoms with Gasteiger partial charge in [-0.15, -0.1) is 9.19 Å². The Kier molecular flexibility index (Phi) is 4.73. The van der Waals surface area contributed by atoms with Gasteiger partial charge in [0.2, 0.25) is 0 Å². The molecule has 0 N–H and O–H groups in total. The number of hydrogen-bond acceptors (Lipinski definition) is 5. The third-order valence-electron chi connectivity index (χ3n) is 3.45. The summed E-state index contributed by atoms with van der Waals surface area (Å²) in [5, 5.41) is 7.58. The molecular formula is C17H17N3O3S. The Labute approximate surface area is 140 Å². The van der Waals surface area contributed by atoms with Crippen LogP contribution in [0.5, 0.6) is 0 Å². The van der Waals surface area contributed by atoms with E-state index in [1.54, 1.807) is 24.3 Å². The summed E-state index contributed by atoms with van der Waals surface area (Å²) in [6.07, 6.45) is 1.38. The molecule has 1 heterocycles. The second-order valence-corrected chi connectivity index (χ2v) is 7.17. The fraction of sp³-hybridized carbons (Fsp3) is 0.176. The number of ether oxygens (including phenoxy) is 1. The molecule has 0 radical (unpaired) electrons. The molecule has 3 aromatic rings. The molecule has 0 aliphatic heterocycles. The van der Waals surface area contributed by atoms with Gasteiger partial charge < -0.3 is 4.74 Å². The summed E-state index contributed by atoms with van der Waals surface area (Å²) < 4.78 is 31.4. The molecule has 0 atom stereocenters. The predicted octanol–water partition coefficient (Wildman–Crippen LogP) is 2.54. The standard InChI is InChI=1S/C17H17N3O3S/c1-14-7-9-17(10-8-14)24(21,22)20-11-16(18-19-20)13-23-12-15-5-3-2-4-6-15/h2-11H,12-13H2,1H3. The first kappa shape index (κ1) is 16.4. The van der Waals surface area contributed by atoms with Gasteiger partial charge in [0.15, 0.2) is 0 Å². The highest BCUT2D eigenvalue weighted by Crippen LogP contribution is 2.14. The summed E-state index contributed by atoms with van der Waals surface area (Å²) >= 11 is 0. The van der Waals surface area contributed by atoms with Crippen molar-refractivity contribution in [3.63, 3.8) is 0 Å². The second-order valence-electron chi connectivity index (χ2n) is 5.38. The molecule has 0 fully saturated rings. The average molecular weight is 343 g/mol. The van der Waals surface area contributed by atoms with E-state index in [4.69, 9.17) is 4.74 Å². The highest BCUT2D eigenvalue weighted by molar-refractivity contribution is 7.89. The molecule has 124 valence electrons. The largest absolute Gasteiger partial charge is 0.370 e. The summed E-state index contributed by atoms with van der Waals surface area (Å²) in [7, 11) is -3.72. The van der Waals surface area contributed by atoms with E-state index in [9.17, 15) is 8.42 Å². The van der Waals surface area contributed by atoms with Crippen molar-refractivity contribution in [3.8, 4) is 0 Å². The van der Waals surface area contributed by atoms with Crippen LogP contribution in [0.1, 0.15) is 16.8 Å². The Bertz CT molecular complexity index is 904. The summed E-state index contributed by atoms with van der Waals surface area (Å²) in [6, 6.07) is 16.3. The molecule has 6 nitrogen and oxygen atoms in total. The number of aromatic nitrogens is 3. The molecule has 0 aliphatic rings. The molecule has 3 rings (SSSR count). The number of rotatable bonds is 6. The SMILES string of the molecule is Cc1ccc(S(=O)(=O)n2cc(COCc3ccccc3)nn2)cc1. The van der Waals surface area contributed by atoms with Crippen molar-refractivity contribution in [2.24, 2.45) is 0 Å². The Balaban J connectivity index is 1.67.